The van der Waals surface area contributed by atoms with E-state index in [1.807, 2.05) is 30.4 Å². The van der Waals surface area contributed by atoms with Gasteiger partial charge in [0, 0.05) is 29.6 Å². The number of fused-ring (bicyclic) bond motifs is 4. The number of nitrogens with zero attached hydrogens (tertiary/aromatic N) is 1. The molecule has 6 rings (SSSR count). The Morgan fingerprint density at radius 2 is 2.00 bits per heavy atom. The molecule has 0 spiro atoms. The number of aromatic hydroxyl groups is 1. The molecule has 1 unspecified atom stereocenters. The lowest BCUT2D eigenvalue weighted by Crippen LogP contribution is -2.66. The van der Waals surface area contributed by atoms with Crippen molar-refractivity contribution in [3.05, 3.63) is 89.7 Å². The molecule has 38 heavy (non-hydrogen) atoms. The maximum Gasteiger partial charge on any atom is 0.329 e. The number of hydrogen-bond donors (Lipinski definition) is 3. The number of H-pyrrole nitrogens is 1. The van der Waals surface area contributed by atoms with Gasteiger partial charge in [-0.2, -0.15) is 0 Å². The van der Waals surface area contributed by atoms with Gasteiger partial charge in [-0.3, -0.25) is 15.0 Å². The van der Waals surface area contributed by atoms with Gasteiger partial charge in [-0.05, 0) is 41.8 Å². The number of benzene rings is 2. The van der Waals surface area contributed by atoms with Crippen LogP contribution in [0.2, 0.25) is 0 Å². The van der Waals surface area contributed by atoms with E-state index in [0.29, 0.717) is 13.0 Å². The molecule has 2 aromatic carbocycles. The predicted molar refractivity (Wildman–Crippen MR) is 139 cm³/mol. The molecule has 3 aliphatic rings. The molecular formula is C29H29N3O6. The molecule has 4 atom stereocenters. The lowest BCUT2D eigenvalue weighted by atomic mass is 9.91. The van der Waals surface area contributed by atoms with E-state index in [1.54, 1.807) is 36.4 Å². The van der Waals surface area contributed by atoms with E-state index in [1.165, 1.54) is 12.0 Å². The number of allylic oxidation sites excluding steroid dienone is 2. The Morgan fingerprint density at radius 3 is 2.82 bits per heavy atom. The van der Waals surface area contributed by atoms with E-state index in [2.05, 4.69) is 16.4 Å². The summed E-state index contributed by atoms with van der Waals surface area (Å²) < 4.78 is 17.2. The summed E-state index contributed by atoms with van der Waals surface area (Å²) >= 11 is 0. The summed E-state index contributed by atoms with van der Waals surface area (Å²) in [5.74, 6) is -0.740. The molecule has 3 heterocycles. The molecule has 9 nitrogen and oxygen atoms in total. The van der Waals surface area contributed by atoms with E-state index in [0.717, 1.165) is 27.7 Å². The maximum atomic E-state index is 14.5. The number of phenolic OH excluding ortho intramolecular Hbond substituents is 1. The molecule has 1 amide bonds. The number of carbonyl (C=O) groups is 2. The van der Waals surface area contributed by atoms with E-state index < -0.39 is 29.9 Å². The lowest BCUT2D eigenvalue weighted by molar-refractivity contribution is -0.175. The number of phenols is 1. The third-order valence-corrected chi connectivity index (χ3v) is 7.58. The quantitative estimate of drug-likeness (QED) is 0.433. The van der Waals surface area contributed by atoms with Crippen LogP contribution in [0.1, 0.15) is 16.8 Å². The average molecular weight is 516 g/mol. The van der Waals surface area contributed by atoms with Gasteiger partial charge in [0.2, 0.25) is 5.91 Å². The number of nitrogens with one attached hydrogen (secondary N) is 2. The number of hydrogen-bond acceptors (Lipinski definition) is 7. The summed E-state index contributed by atoms with van der Waals surface area (Å²) in [5.41, 5.74) is 2.60. The molecule has 0 bridgehead atoms. The van der Waals surface area contributed by atoms with Crippen LogP contribution in [0, 0.1) is 0 Å². The molecule has 1 fully saturated rings. The minimum atomic E-state index is -1.32. The predicted octanol–water partition coefficient (Wildman–Crippen LogP) is 2.70. The summed E-state index contributed by atoms with van der Waals surface area (Å²) in [5, 5.41) is 14.2. The van der Waals surface area contributed by atoms with Gasteiger partial charge in [0.1, 0.15) is 17.9 Å². The zero-order chi connectivity index (χ0) is 26.3. The second kappa shape index (κ2) is 9.75. The second-order valence-electron chi connectivity index (χ2n) is 9.73. The SMILES string of the molecule is COC(=O)[C@H](Cc1ccc(O)cc1)N(C(=O)[C@@H]1Cc2c([nH]c3ccccc23)CN1)[C@]12C=CC=CC1OCO2. The standard InChI is InChI=1S/C29H29N3O6/c1-36-28(35)25(14-18-9-11-19(33)12-10-18)32(29-13-5-4-8-26(29)37-17-38-29)27(34)23-15-21-20-6-2-3-7-22(20)31-24(21)16-30-23/h2-13,23,25-26,30-31,33H,14-17H2,1H3/t23-,25-,26?,29-/m0/s1. The van der Waals surface area contributed by atoms with Crippen LogP contribution >= 0.6 is 0 Å². The van der Waals surface area contributed by atoms with Gasteiger partial charge in [-0.15, -0.1) is 0 Å². The number of carbonyl (C=O) groups excluding carboxylic acids is 2. The number of amides is 1. The molecule has 0 saturated carbocycles. The normalized spacial score (nSPS) is 24.6. The van der Waals surface area contributed by atoms with Crippen LogP contribution in [0.4, 0.5) is 0 Å². The zero-order valence-electron chi connectivity index (χ0n) is 20.9. The van der Waals surface area contributed by atoms with Gasteiger partial charge < -0.3 is 24.3 Å². The smallest absolute Gasteiger partial charge is 0.329 e. The molecule has 0 radical (unpaired) electrons. The molecule has 3 aromatic rings. The minimum absolute atomic E-state index is 0.0269. The summed E-state index contributed by atoms with van der Waals surface area (Å²) in [7, 11) is 1.31. The number of methoxy groups -OCH3 is 1. The Balaban J connectivity index is 1.41. The molecule has 1 aliphatic carbocycles. The third-order valence-electron chi connectivity index (χ3n) is 7.58. The van der Waals surface area contributed by atoms with Crippen molar-refractivity contribution in [3.8, 4) is 5.75 Å². The van der Waals surface area contributed by atoms with Crippen LogP contribution in [0.5, 0.6) is 5.75 Å². The van der Waals surface area contributed by atoms with Gasteiger partial charge in [-0.1, -0.05) is 48.6 Å². The Morgan fingerprint density at radius 1 is 1.18 bits per heavy atom. The van der Waals surface area contributed by atoms with Crippen molar-refractivity contribution in [2.75, 3.05) is 13.9 Å². The molecule has 196 valence electrons. The lowest BCUT2D eigenvalue weighted by Gasteiger charge is -2.45. The third kappa shape index (κ3) is 4.09. The molecule has 1 aromatic heterocycles. The van der Waals surface area contributed by atoms with Gasteiger partial charge in [-0.25, -0.2) is 4.79 Å². The van der Waals surface area contributed by atoms with E-state index >= 15 is 0 Å². The summed E-state index contributed by atoms with van der Waals surface area (Å²) in [4.78, 5) is 32.8. The van der Waals surface area contributed by atoms with Gasteiger partial charge >= 0.3 is 5.97 Å². The minimum Gasteiger partial charge on any atom is -0.508 e. The van der Waals surface area contributed by atoms with E-state index in [9.17, 15) is 14.7 Å². The van der Waals surface area contributed by atoms with Crippen molar-refractivity contribution < 1.29 is 28.9 Å². The Bertz CT molecular complexity index is 1430. The van der Waals surface area contributed by atoms with E-state index in [4.69, 9.17) is 14.2 Å². The number of ether oxygens (including phenoxy) is 3. The van der Waals surface area contributed by atoms with Crippen LogP contribution in [0.3, 0.4) is 0 Å². The van der Waals surface area contributed by atoms with Crippen LogP contribution in [0.15, 0.2) is 72.8 Å². The number of para-hydroxylation sites is 1. The molecule has 1 saturated heterocycles. The number of aromatic amines is 1. The summed E-state index contributed by atoms with van der Waals surface area (Å²) in [6.07, 6.45) is 7.26. The maximum absolute atomic E-state index is 14.5. The molecular weight excluding hydrogens is 486 g/mol. The first kappa shape index (κ1) is 24.4. The molecule has 3 N–H and O–H groups in total. The first-order valence-electron chi connectivity index (χ1n) is 12.6. The molecule has 9 heteroatoms. The molecule has 2 aliphatic heterocycles. The van der Waals surface area contributed by atoms with E-state index in [-0.39, 0.29) is 24.9 Å². The van der Waals surface area contributed by atoms with Crippen molar-refractivity contribution in [3.63, 3.8) is 0 Å². The van der Waals surface area contributed by atoms with Crippen molar-refractivity contribution in [2.45, 2.75) is 43.3 Å². The number of aromatic nitrogens is 1. The highest BCUT2D eigenvalue weighted by molar-refractivity contribution is 5.91. The first-order chi connectivity index (χ1) is 18.5. The van der Waals surface area contributed by atoms with Crippen molar-refractivity contribution in [2.24, 2.45) is 0 Å². The summed E-state index contributed by atoms with van der Waals surface area (Å²) in [6.45, 7) is 0.458. The Hall–Kier alpha value is -3.92. The highest BCUT2D eigenvalue weighted by atomic mass is 16.7. The fourth-order valence-electron chi connectivity index (χ4n) is 5.71. The summed E-state index contributed by atoms with van der Waals surface area (Å²) in [6, 6.07) is 13.0. The first-order valence-corrected chi connectivity index (χ1v) is 12.6. The van der Waals surface area contributed by atoms with Crippen molar-refractivity contribution >= 4 is 22.8 Å². The zero-order valence-corrected chi connectivity index (χ0v) is 20.9. The second-order valence-corrected chi connectivity index (χ2v) is 9.73. The average Bonchev–Trinajstić information content (AvgIpc) is 3.55. The van der Waals surface area contributed by atoms with Crippen LogP contribution in [-0.4, -0.2) is 64.7 Å². The fourth-order valence-corrected chi connectivity index (χ4v) is 5.71. The van der Waals surface area contributed by atoms with Gasteiger partial charge in [0.05, 0.1) is 13.2 Å². The Labute approximate surface area is 219 Å². The van der Waals surface area contributed by atoms with Crippen LogP contribution in [-0.2, 0) is 43.2 Å². The van der Waals surface area contributed by atoms with Gasteiger partial charge in [0.15, 0.2) is 12.5 Å². The fraction of sp³-hybridized carbons (Fsp3) is 0.310. The Kier molecular flexibility index (Phi) is 6.27. The van der Waals surface area contributed by atoms with Crippen LogP contribution < -0.4 is 5.32 Å². The van der Waals surface area contributed by atoms with Crippen LogP contribution in [0.25, 0.3) is 10.9 Å². The van der Waals surface area contributed by atoms with Crippen molar-refractivity contribution in [1.29, 1.82) is 0 Å². The monoisotopic (exact) mass is 515 g/mol. The highest BCUT2D eigenvalue weighted by Crippen LogP contribution is 2.38. The van der Waals surface area contributed by atoms with Gasteiger partial charge in [0.25, 0.3) is 0 Å². The largest absolute Gasteiger partial charge is 0.508 e. The van der Waals surface area contributed by atoms with Crippen molar-refractivity contribution in [1.82, 2.24) is 15.2 Å². The number of rotatable bonds is 6. The highest BCUT2D eigenvalue weighted by Gasteiger charge is 2.55. The number of esters is 1. The topological polar surface area (TPSA) is 113 Å².